The van der Waals surface area contributed by atoms with Gasteiger partial charge in [-0.2, -0.15) is 0 Å². The maximum absolute atomic E-state index is 12.1. The van der Waals surface area contributed by atoms with Crippen LogP contribution in [-0.2, 0) is 4.79 Å². The van der Waals surface area contributed by atoms with Gasteiger partial charge in [0.1, 0.15) is 0 Å². The minimum Gasteiger partial charge on any atom is -0.325 e. The van der Waals surface area contributed by atoms with E-state index in [0.717, 1.165) is 12.2 Å². The molecule has 2 rings (SSSR count). The lowest BCUT2D eigenvalue weighted by Crippen LogP contribution is -2.41. The molecule has 1 fully saturated rings. The highest BCUT2D eigenvalue weighted by atomic mass is 16.2. The fourth-order valence-corrected chi connectivity index (χ4v) is 2.46. The second-order valence-corrected chi connectivity index (χ2v) is 6.47. The van der Waals surface area contributed by atoms with Gasteiger partial charge < -0.3 is 10.6 Å². The molecule has 0 spiro atoms. The second kappa shape index (κ2) is 5.96. The van der Waals surface area contributed by atoms with Gasteiger partial charge >= 0.3 is 0 Å². The Morgan fingerprint density at radius 3 is 2.30 bits per heavy atom. The van der Waals surface area contributed by atoms with Gasteiger partial charge in [0.05, 0.1) is 6.04 Å². The molecule has 0 radical (unpaired) electrons. The van der Waals surface area contributed by atoms with Crippen LogP contribution in [-0.4, -0.2) is 18.5 Å². The highest BCUT2D eigenvalue weighted by Crippen LogP contribution is 2.51. The Morgan fingerprint density at radius 2 is 1.80 bits per heavy atom. The van der Waals surface area contributed by atoms with E-state index in [1.54, 1.807) is 0 Å². The van der Waals surface area contributed by atoms with Crippen LogP contribution in [0.15, 0.2) is 24.3 Å². The van der Waals surface area contributed by atoms with Gasteiger partial charge in [0.25, 0.3) is 0 Å². The Balaban J connectivity index is 1.82. The second-order valence-electron chi connectivity index (χ2n) is 6.47. The van der Waals surface area contributed by atoms with Gasteiger partial charge in [0.2, 0.25) is 5.91 Å². The Kier molecular flexibility index (Phi) is 4.48. The van der Waals surface area contributed by atoms with Gasteiger partial charge in [-0.05, 0) is 50.2 Å². The van der Waals surface area contributed by atoms with E-state index in [9.17, 15) is 4.79 Å². The lowest BCUT2D eigenvalue weighted by Gasteiger charge is -2.22. The van der Waals surface area contributed by atoms with E-state index in [4.69, 9.17) is 0 Å². The van der Waals surface area contributed by atoms with Crippen LogP contribution in [0.5, 0.6) is 0 Å². The van der Waals surface area contributed by atoms with E-state index in [2.05, 4.69) is 24.5 Å². The van der Waals surface area contributed by atoms with Gasteiger partial charge in [0, 0.05) is 12.2 Å². The number of aryl methyl sites for hydroxylation is 1. The van der Waals surface area contributed by atoms with Crippen molar-refractivity contribution in [2.45, 2.75) is 46.6 Å². The van der Waals surface area contributed by atoms with E-state index >= 15 is 0 Å². The van der Waals surface area contributed by atoms with E-state index in [-0.39, 0.29) is 11.9 Å². The molecular weight excluding hydrogens is 248 g/mol. The van der Waals surface area contributed by atoms with Crippen LogP contribution in [0.3, 0.4) is 0 Å². The van der Waals surface area contributed by atoms with Crippen LogP contribution in [0.1, 0.15) is 39.2 Å². The zero-order chi connectivity index (χ0) is 14.8. The van der Waals surface area contributed by atoms with Crippen molar-refractivity contribution in [2.75, 3.05) is 11.9 Å². The molecule has 1 aliphatic rings. The van der Waals surface area contributed by atoms with E-state index in [0.29, 0.717) is 11.3 Å². The van der Waals surface area contributed by atoms with Crippen LogP contribution >= 0.6 is 0 Å². The molecule has 0 aromatic heterocycles. The smallest absolute Gasteiger partial charge is 0.241 e. The summed E-state index contributed by atoms with van der Waals surface area (Å²) in [5.74, 6) is 0.718. The summed E-state index contributed by atoms with van der Waals surface area (Å²) in [7, 11) is 0. The molecule has 1 atom stereocenters. The van der Waals surface area contributed by atoms with Crippen molar-refractivity contribution in [3.05, 3.63) is 29.8 Å². The molecule has 1 saturated carbocycles. The average Bonchev–Trinajstić information content (AvgIpc) is 3.20. The molecule has 1 unspecified atom stereocenters. The number of benzene rings is 1. The molecule has 1 amide bonds. The van der Waals surface area contributed by atoms with Crippen LogP contribution in [0.4, 0.5) is 5.69 Å². The molecule has 110 valence electrons. The topological polar surface area (TPSA) is 41.1 Å². The maximum atomic E-state index is 12.1. The molecule has 0 aliphatic heterocycles. The van der Waals surface area contributed by atoms with Crippen molar-refractivity contribution in [3.8, 4) is 0 Å². The fraction of sp³-hybridized carbons (Fsp3) is 0.588. The molecular formula is C17H26N2O. The third kappa shape index (κ3) is 3.60. The third-order valence-corrected chi connectivity index (χ3v) is 4.59. The number of amides is 1. The number of hydrogen-bond donors (Lipinski definition) is 2. The van der Waals surface area contributed by atoms with Gasteiger partial charge in [0.15, 0.2) is 0 Å². The number of nitrogens with one attached hydrogen (secondary N) is 2. The quantitative estimate of drug-likeness (QED) is 0.835. The monoisotopic (exact) mass is 274 g/mol. The summed E-state index contributed by atoms with van der Waals surface area (Å²) in [6.07, 6.45) is 2.56. The Morgan fingerprint density at radius 1 is 1.20 bits per heavy atom. The van der Waals surface area contributed by atoms with E-state index in [1.807, 2.05) is 38.1 Å². The molecule has 0 saturated heterocycles. The number of hydrogen-bond acceptors (Lipinski definition) is 2. The van der Waals surface area contributed by atoms with Crippen LogP contribution < -0.4 is 10.6 Å². The maximum Gasteiger partial charge on any atom is 0.241 e. The number of anilines is 1. The molecule has 1 aliphatic carbocycles. The molecule has 1 aromatic carbocycles. The van der Waals surface area contributed by atoms with Crippen LogP contribution in [0.2, 0.25) is 0 Å². The average molecular weight is 274 g/mol. The summed E-state index contributed by atoms with van der Waals surface area (Å²) in [6, 6.07) is 7.73. The highest BCUT2D eigenvalue weighted by Gasteiger charge is 2.45. The largest absolute Gasteiger partial charge is 0.325 e. The van der Waals surface area contributed by atoms with Gasteiger partial charge in [-0.25, -0.2) is 0 Å². The van der Waals surface area contributed by atoms with Gasteiger partial charge in [-0.15, -0.1) is 0 Å². The van der Waals surface area contributed by atoms with Crippen LogP contribution in [0.25, 0.3) is 0 Å². The molecule has 3 heteroatoms. The first-order chi connectivity index (χ1) is 9.43. The van der Waals surface area contributed by atoms with Crippen molar-refractivity contribution in [1.82, 2.24) is 5.32 Å². The SMILES string of the molecule is Cc1ccc(NC(=O)C(C)NCC2(C(C)C)CC2)cc1. The lowest BCUT2D eigenvalue weighted by atomic mass is 9.92. The first-order valence-electron chi connectivity index (χ1n) is 7.54. The Bertz CT molecular complexity index is 460. The molecule has 0 bridgehead atoms. The molecule has 0 heterocycles. The molecule has 2 N–H and O–H groups in total. The fourth-order valence-electron chi connectivity index (χ4n) is 2.46. The summed E-state index contributed by atoms with van der Waals surface area (Å²) < 4.78 is 0. The Labute approximate surface area is 122 Å². The predicted molar refractivity (Wildman–Crippen MR) is 83.8 cm³/mol. The van der Waals surface area contributed by atoms with Crippen molar-refractivity contribution >= 4 is 11.6 Å². The summed E-state index contributed by atoms with van der Waals surface area (Å²) >= 11 is 0. The van der Waals surface area contributed by atoms with Gasteiger partial charge in [-0.1, -0.05) is 31.5 Å². The normalized spacial score (nSPS) is 17.9. The molecule has 3 nitrogen and oxygen atoms in total. The number of rotatable bonds is 6. The van der Waals surface area contributed by atoms with E-state index < -0.39 is 0 Å². The van der Waals surface area contributed by atoms with Crippen LogP contribution in [0, 0.1) is 18.3 Å². The summed E-state index contributed by atoms with van der Waals surface area (Å²) in [5.41, 5.74) is 2.49. The molecule has 1 aromatic rings. The summed E-state index contributed by atoms with van der Waals surface area (Å²) in [5, 5.41) is 6.34. The standard InChI is InChI=1S/C17H26N2O/c1-12(2)17(9-10-17)11-18-14(4)16(20)19-15-7-5-13(3)6-8-15/h5-8,12,14,18H,9-11H2,1-4H3,(H,19,20). The van der Waals surface area contributed by atoms with Gasteiger partial charge in [-0.3, -0.25) is 4.79 Å². The first-order valence-corrected chi connectivity index (χ1v) is 7.54. The summed E-state index contributed by atoms with van der Waals surface area (Å²) in [4.78, 5) is 12.1. The summed E-state index contributed by atoms with van der Waals surface area (Å²) in [6.45, 7) is 9.45. The zero-order valence-corrected chi connectivity index (χ0v) is 13.0. The lowest BCUT2D eigenvalue weighted by molar-refractivity contribution is -0.117. The zero-order valence-electron chi connectivity index (χ0n) is 13.0. The number of carbonyl (C=O) groups is 1. The number of carbonyl (C=O) groups excluding carboxylic acids is 1. The third-order valence-electron chi connectivity index (χ3n) is 4.59. The highest BCUT2D eigenvalue weighted by molar-refractivity contribution is 5.94. The van der Waals surface area contributed by atoms with Crippen molar-refractivity contribution < 1.29 is 4.79 Å². The minimum absolute atomic E-state index is 0.0356. The van der Waals surface area contributed by atoms with E-state index in [1.165, 1.54) is 18.4 Å². The van der Waals surface area contributed by atoms with Crippen molar-refractivity contribution in [3.63, 3.8) is 0 Å². The first kappa shape index (κ1) is 15.0. The Hall–Kier alpha value is -1.35. The van der Waals surface area contributed by atoms with Crippen molar-refractivity contribution in [2.24, 2.45) is 11.3 Å². The molecule has 20 heavy (non-hydrogen) atoms. The predicted octanol–water partition coefficient (Wildman–Crippen LogP) is 3.35. The minimum atomic E-state index is -0.160. The van der Waals surface area contributed by atoms with Crippen molar-refractivity contribution in [1.29, 1.82) is 0 Å².